The first-order valence-corrected chi connectivity index (χ1v) is 6.96. The predicted octanol–water partition coefficient (Wildman–Crippen LogP) is 0.414. The molecule has 1 aliphatic rings. The molecule has 0 aliphatic carbocycles. The van der Waals surface area contributed by atoms with Crippen LogP contribution in [0.15, 0.2) is 24.3 Å². The average molecular weight is 291 g/mol. The first kappa shape index (κ1) is 15.3. The SMILES string of the molecule is CC(C)(N)C(=O)N1CCN(C(=O)c2ccccc2O)CC1. The van der Waals surface area contributed by atoms with Crippen LogP contribution in [0.3, 0.4) is 0 Å². The van der Waals surface area contributed by atoms with E-state index in [-0.39, 0.29) is 23.1 Å². The van der Waals surface area contributed by atoms with Gasteiger partial charge in [0.25, 0.3) is 5.91 Å². The van der Waals surface area contributed by atoms with Crippen LogP contribution in [0.25, 0.3) is 0 Å². The van der Waals surface area contributed by atoms with Gasteiger partial charge in [-0.15, -0.1) is 0 Å². The third-order valence-electron chi connectivity index (χ3n) is 3.54. The molecule has 0 radical (unpaired) electrons. The molecule has 6 heteroatoms. The number of para-hydroxylation sites is 1. The minimum Gasteiger partial charge on any atom is -0.507 e. The molecular weight excluding hydrogens is 270 g/mol. The Balaban J connectivity index is 2.00. The Bertz CT molecular complexity index is 543. The van der Waals surface area contributed by atoms with Crippen LogP contribution in [0.1, 0.15) is 24.2 Å². The van der Waals surface area contributed by atoms with Gasteiger partial charge in [0.15, 0.2) is 0 Å². The number of nitrogens with zero attached hydrogens (tertiary/aromatic N) is 2. The Morgan fingerprint density at radius 2 is 1.62 bits per heavy atom. The van der Waals surface area contributed by atoms with Crippen LogP contribution in [0.4, 0.5) is 0 Å². The van der Waals surface area contributed by atoms with Crippen LogP contribution >= 0.6 is 0 Å². The Kier molecular flexibility index (Phi) is 4.18. The summed E-state index contributed by atoms with van der Waals surface area (Å²) in [6.45, 7) is 5.14. The molecule has 114 valence electrons. The van der Waals surface area contributed by atoms with E-state index in [1.54, 1.807) is 41.8 Å². The van der Waals surface area contributed by atoms with Crippen LogP contribution in [0.5, 0.6) is 5.75 Å². The zero-order valence-electron chi connectivity index (χ0n) is 12.4. The van der Waals surface area contributed by atoms with Crippen LogP contribution in [-0.2, 0) is 4.79 Å². The Morgan fingerprint density at radius 3 is 2.14 bits per heavy atom. The summed E-state index contributed by atoms with van der Waals surface area (Å²) in [5.74, 6) is -0.353. The molecule has 1 saturated heterocycles. The first-order valence-electron chi connectivity index (χ1n) is 6.96. The smallest absolute Gasteiger partial charge is 0.257 e. The van der Waals surface area contributed by atoms with Crippen molar-refractivity contribution in [1.82, 2.24) is 9.80 Å². The second-order valence-electron chi connectivity index (χ2n) is 5.82. The van der Waals surface area contributed by atoms with E-state index in [0.29, 0.717) is 26.2 Å². The molecule has 1 fully saturated rings. The van der Waals surface area contributed by atoms with Crippen molar-refractivity contribution in [3.63, 3.8) is 0 Å². The quantitative estimate of drug-likeness (QED) is 0.826. The maximum Gasteiger partial charge on any atom is 0.257 e. The van der Waals surface area contributed by atoms with E-state index in [1.807, 2.05) is 0 Å². The molecular formula is C15H21N3O3. The van der Waals surface area contributed by atoms with Crippen molar-refractivity contribution in [2.45, 2.75) is 19.4 Å². The molecule has 2 amide bonds. The van der Waals surface area contributed by atoms with Gasteiger partial charge < -0.3 is 20.6 Å². The number of hydrogen-bond acceptors (Lipinski definition) is 4. The van der Waals surface area contributed by atoms with Crippen molar-refractivity contribution in [1.29, 1.82) is 0 Å². The summed E-state index contributed by atoms with van der Waals surface area (Å²) >= 11 is 0. The second-order valence-corrected chi connectivity index (χ2v) is 5.82. The number of carbonyl (C=O) groups excluding carboxylic acids is 2. The molecule has 6 nitrogen and oxygen atoms in total. The van der Waals surface area contributed by atoms with Crippen molar-refractivity contribution < 1.29 is 14.7 Å². The number of aromatic hydroxyl groups is 1. The van der Waals surface area contributed by atoms with Crippen molar-refractivity contribution >= 4 is 11.8 Å². The second kappa shape index (κ2) is 5.73. The largest absolute Gasteiger partial charge is 0.507 e. The summed E-state index contributed by atoms with van der Waals surface area (Å²) in [6.07, 6.45) is 0. The number of benzene rings is 1. The molecule has 3 N–H and O–H groups in total. The summed E-state index contributed by atoms with van der Waals surface area (Å²) in [5, 5.41) is 9.73. The highest BCUT2D eigenvalue weighted by Gasteiger charge is 2.31. The predicted molar refractivity (Wildman–Crippen MR) is 78.9 cm³/mol. The minimum absolute atomic E-state index is 0.0240. The van der Waals surface area contributed by atoms with Gasteiger partial charge in [-0.1, -0.05) is 12.1 Å². The van der Waals surface area contributed by atoms with E-state index in [2.05, 4.69) is 0 Å². The molecule has 1 aromatic rings. The summed E-state index contributed by atoms with van der Waals surface area (Å²) in [6, 6.07) is 6.47. The molecule has 0 unspecified atom stereocenters. The maximum absolute atomic E-state index is 12.3. The molecule has 2 rings (SSSR count). The minimum atomic E-state index is -0.899. The van der Waals surface area contributed by atoms with Gasteiger partial charge in [-0.05, 0) is 26.0 Å². The number of phenolic OH excluding ortho intramolecular Hbond substituents is 1. The third kappa shape index (κ3) is 3.33. The lowest BCUT2D eigenvalue weighted by Crippen LogP contribution is -2.57. The fourth-order valence-electron chi connectivity index (χ4n) is 2.34. The Morgan fingerprint density at radius 1 is 1.10 bits per heavy atom. The maximum atomic E-state index is 12.3. The van der Waals surface area contributed by atoms with Gasteiger partial charge in [0, 0.05) is 26.2 Å². The fraction of sp³-hybridized carbons (Fsp3) is 0.467. The molecule has 1 aromatic carbocycles. The lowest BCUT2D eigenvalue weighted by molar-refractivity contribution is -0.137. The number of nitrogens with two attached hydrogens (primary N) is 1. The molecule has 0 atom stereocenters. The highest BCUT2D eigenvalue weighted by Crippen LogP contribution is 2.19. The number of phenols is 1. The summed E-state index contributed by atoms with van der Waals surface area (Å²) in [4.78, 5) is 27.7. The van der Waals surface area contributed by atoms with Crippen molar-refractivity contribution in [3.05, 3.63) is 29.8 Å². The average Bonchev–Trinajstić information content (AvgIpc) is 2.45. The highest BCUT2D eigenvalue weighted by atomic mass is 16.3. The van der Waals surface area contributed by atoms with E-state index >= 15 is 0 Å². The van der Waals surface area contributed by atoms with Crippen LogP contribution in [0.2, 0.25) is 0 Å². The van der Waals surface area contributed by atoms with E-state index in [9.17, 15) is 14.7 Å². The topological polar surface area (TPSA) is 86.9 Å². The van der Waals surface area contributed by atoms with E-state index < -0.39 is 5.54 Å². The van der Waals surface area contributed by atoms with E-state index in [1.165, 1.54) is 6.07 Å². The molecule has 21 heavy (non-hydrogen) atoms. The van der Waals surface area contributed by atoms with Gasteiger partial charge in [-0.3, -0.25) is 9.59 Å². The molecule has 0 spiro atoms. The summed E-state index contributed by atoms with van der Waals surface area (Å²) in [7, 11) is 0. The highest BCUT2D eigenvalue weighted by molar-refractivity contribution is 5.97. The molecule has 1 aliphatic heterocycles. The van der Waals surface area contributed by atoms with Crippen LogP contribution in [-0.4, -0.2) is 58.4 Å². The molecule has 0 aromatic heterocycles. The number of rotatable bonds is 2. The van der Waals surface area contributed by atoms with Gasteiger partial charge in [0.1, 0.15) is 5.75 Å². The molecule has 1 heterocycles. The fourth-order valence-corrected chi connectivity index (χ4v) is 2.34. The van der Waals surface area contributed by atoms with Gasteiger partial charge in [0.2, 0.25) is 5.91 Å². The molecule has 0 bridgehead atoms. The zero-order chi connectivity index (χ0) is 15.6. The summed E-state index contributed by atoms with van der Waals surface area (Å²) in [5.41, 5.74) is 5.20. The number of carbonyl (C=O) groups is 2. The van der Waals surface area contributed by atoms with Crippen molar-refractivity contribution in [3.8, 4) is 5.75 Å². The van der Waals surface area contributed by atoms with Gasteiger partial charge in [-0.25, -0.2) is 0 Å². The van der Waals surface area contributed by atoms with Gasteiger partial charge in [0.05, 0.1) is 11.1 Å². The first-order chi connectivity index (χ1) is 9.80. The van der Waals surface area contributed by atoms with Gasteiger partial charge in [-0.2, -0.15) is 0 Å². The summed E-state index contributed by atoms with van der Waals surface area (Å²) < 4.78 is 0. The van der Waals surface area contributed by atoms with Gasteiger partial charge >= 0.3 is 0 Å². The standard InChI is InChI=1S/C15H21N3O3/c1-15(2,16)14(21)18-9-7-17(8-10-18)13(20)11-5-3-4-6-12(11)19/h3-6,19H,7-10,16H2,1-2H3. The molecule has 0 saturated carbocycles. The van der Waals surface area contributed by atoms with Crippen molar-refractivity contribution in [2.24, 2.45) is 5.73 Å². The Labute approximate surface area is 124 Å². The number of piperazine rings is 1. The monoisotopic (exact) mass is 291 g/mol. The number of hydrogen-bond donors (Lipinski definition) is 2. The Hall–Kier alpha value is -2.08. The lowest BCUT2D eigenvalue weighted by Gasteiger charge is -2.37. The van der Waals surface area contributed by atoms with E-state index in [0.717, 1.165) is 0 Å². The van der Waals surface area contributed by atoms with E-state index in [4.69, 9.17) is 5.73 Å². The third-order valence-corrected chi connectivity index (χ3v) is 3.54. The van der Waals surface area contributed by atoms with Crippen molar-refractivity contribution in [2.75, 3.05) is 26.2 Å². The zero-order valence-corrected chi connectivity index (χ0v) is 12.4. The normalized spacial score (nSPS) is 16.0. The number of amides is 2. The lowest BCUT2D eigenvalue weighted by atomic mass is 10.0. The van der Waals surface area contributed by atoms with Crippen LogP contribution < -0.4 is 5.73 Å². The van der Waals surface area contributed by atoms with Crippen LogP contribution in [0, 0.1) is 0 Å².